The molecule has 1 aliphatic carbocycles. The summed E-state index contributed by atoms with van der Waals surface area (Å²) >= 11 is 1.64. The van der Waals surface area contributed by atoms with Crippen molar-refractivity contribution in [3.8, 4) is 0 Å². The van der Waals surface area contributed by atoms with Crippen molar-refractivity contribution in [1.82, 2.24) is 0 Å². The third-order valence-corrected chi connectivity index (χ3v) is 4.63. The van der Waals surface area contributed by atoms with Crippen LogP contribution in [0.5, 0.6) is 0 Å². The number of hydrogen-bond donors (Lipinski definition) is 1. The molecule has 16 heavy (non-hydrogen) atoms. The van der Waals surface area contributed by atoms with Crippen molar-refractivity contribution >= 4 is 17.1 Å². The Kier molecular flexibility index (Phi) is 3.45. The SMILES string of the molecule is Cc1sccc1C(=O)C1(CN)CCCCC1. The van der Waals surface area contributed by atoms with Gasteiger partial charge in [0, 0.05) is 22.4 Å². The molecule has 0 spiro atoms. The van der Waals surface area contributed by atoms with Gasteiger partial charge in [-0.25, -0.2) is 0 Å². The molecule has 88 valence electrons. The van der Waals surface area contributed by atoms with Crippen LogP contribution in [-0.2, 0) is 0 Å². The minimum Gasteiger partial charge on any atom is -0.329 e. The van der Waals surface area contributed by atoms with E-state index in [0.29, 0.717) is 6.54 Å². The largest absolute Gasteiger partial charge is 0.329 e. The number of hydrogen-bond acceptors (Lipinski definition) is 3. The van der Waals surface area contributed by atoms with Gasteiger partial charge in [0.1, 0.15) is 0 Å². The third-order valence-electron chi connectivity index (χ3n) is 3.79. The second kappa shape index (κ2) is 4.68. The van der Waals surface area contributed by atoms with Gasteiger partial charge in [-0.1, -0.05) is 19.3 Å². The van der Waals surface area contributed by atoms with Crippen molar-refractivity contribution < 1.29 is 4.79 Å². The van der Waals surface area contributed by atoms with E-state index in [2.05, 4.69) is 0 Å². The van der Waals surface area contributed by atoms with E-state index in [9.17, 15) is 4.79 Å². The normalized spacial score (nSPS) is 19.6. The van der Waals surface area contributed by atoms with Crippen molar-refractivity contribution in [2.75, 3.05) is 6.54 Å². The molecule has 0 bridgehead atoms. The first-order valence-corrected chi connectivity index (χ1v) is 6.86. The lowest BCUT2D eigenvalue weighted by Gasteiger charge is -2.34. The summed E-state index contributed by atoms with van der Waals surface area (Å²) in [6.45, 7) is 2.52. The zero-order chi connectivity index (χ0) is 11.6. The molecule has 1 aliphatic rings. The topological polar surface area (TPSA) is 43.1 Å². The van der Waals surface area contributed by atoms with Crippen molar-refractivity contribution in [1.29, 1.82) is 0 Å². The van der Waals surface area contributed by atoms with Crippen LogP contribution in [0.2, 0.25) is 0 Å². The summed E-state index contributed by atoms with van der Waals surface area (Å²) in [5.41, 5.74) is 6.52. The van der Waals surface area contributed by atoms with Gasteiger partial charge >= 0.3 is 0 Å². The molecule has 2 N–H and O–H groups in total. The third kappa shape index (κ3) is 1.94. The van der Waals surface area contributed by atoms with E-state index >= 15 is 0 Å². The van der Waals surface area contributed by atoms with E-state index in [1.165, 1.54) is 6.42 Å². The monoisotopic (exact) mass is 237 g/mol. The van der Waals surface area contributed by atoms with Crippen LogP contribution >= 0.6 is 11.3 Å². The lowest BCUT2D eigenvalue weighted by atomic mass is 9.69. The summed E-state index contributed by atoms with van der Waals surface area (Å²) < 4.78 is 0. The molecule has 0 aromatic carbocycles. The fourth-order valence-electron chi connectivity index (χ4n) is 2.66. The molecule has 1 fully saturated rings. The van der Waals surface area contributed by atoms with Crippen LogP contribution in [0.1, 0.15) is 47.3 Å². The number of ketones is 1. The fourth-order valence-corrected chi connectivity index (χ4v) is 3.35. The Morgan fingerprint density at radius 2 is 2.12 bits per heavy atom. The Morgan fingerprint density at radius 3 is 2.62 bits per heavy atom. The van der Waals surface area contributed by atoms with Crippen molar-refractivity contribution in [2.45, 2.75) is 39.0 Å². The highest BCUT2D eigenvalue weighted by molar-refractivity contribution is 7.10. The van der Waals surface area contributed by atoms with Crippen LogP contribution in [0.25, 0.3) is 0 Å². The van der Waals surface area contributed by atoms with Crippen LogP contribution in [-0.4, -0.2) is 12.3 Å². The summed E-state index contributed by atoms with van der Waals surface area (Å²) in [5.74, 6) is 0.286. The van der Waals surface area contributed by atoms with Gasteiger partial charge < -0.3 is 5.73 Å². The van der Waals surface area contributed by atoms with Gasteiger partial charge in [0.25, 0.3) is 0 Å². The number of carbonyl (C=O) groups is 1. The molecule has 3 heteroatoms. The molecule has 0 radical (unpaired) electrons. The molecule has 0 atom stereocenters. The number of nitrogens with two attached hydrogens (primary N) is 1. The number of thiophene rings is 1. The lowest BCUT2D eigenvalue weighted by Crippen LogP contribution is -2.40. The molecule has 1 aromatic rings. The van der Waals surface area contributed by atoms with Crippen molar-refractivity contribution in [2.24, 2.45) is 11.1 Å². The first-order valence-electron chi connectivity index (χ1n) is 5.98. The Labute approximate surface area is 101 Å². The standard InChI is InChI=1S/C13H19NOS/c1-10-11(5-8-16-10)12(15)13(9-14)6-3-2-4-7-13/h5,8H,2-4,6-7,9,14H2,1H3. The average Bonchev–Trinajstić information content (AvgIpc) is 2.75. The summed E-state index contributed by atoms with van der Waals surface area (Å²) in [7, 11) is 0. The van der Waals surface area contributed by atoms with E-state index in [0.717, 1.165) is 36.1 Å². The molecule has 2 rings (SSSR count). The smallest absolute Gasteiger partial charge is 0.171 e. The van der Waals surface area contributed by atoms with E-state index in [4.69, 9.17) is 5.73 Å². The first kappa shape index (κ1) is 11.8. The predicted molar refractivity (Wildman–Crippen MR) is 68.0 cm³/mol. The van der Waals surface area contributed by atoms with Gasteiger partial charge in [0.05, 0.1) is 0 Å². The van der Waals surface area contributed by atoms with Gasteiger partial charge in [-0.2, -0.15) is 0 Å². The Bertz CT molecular complexity index is 377. The highest BCUT2D eigenvalue weighted by atomic mass is 32.1. The second-order valence-corrected chi connectivity index (χ2v) is 5.88. The second-order valence-electron chi connectivity index (χ2n) is 4.76. The maximum atomic E-state index is 12.6. The molecule has 1 saturated carbocycles. The van der Waals surface area contributed by atoms with Gasteiger partial charge in [-0.15, -0.1) is 11.3 Å². The summed E-state index contributed by atoms with van der Waals surface area (Å²) in [6, 6.07) is 1.95. The molecule has 1 heterocycles. The van der Waals surface area contributed by atoms with Crippen LogP contribution in [0.4, 0.5) is 0 Å². The average molecular weight is 237 g/mol. The van der Waals surface area contributed by atoms with Gasteiger partial charge in [-0.3, -0.25) is 4.79 Å². The lowest BCUT2D eigenvalue weighted by molar-refractivity contribution is 0.0729. The van der Waals surface area contributed by atoms with E-state index < -0.39 is 0 Å². The predicted octanol–water partition coefficient (Wildman–Crippen LogP) is 3.15. The van der Waals surface area contributed by atoms with Gasteiger partial charge in [0.2, 0.25) is 0 Å². The number of aryl methyl sites for hydroxylation is 1. The van der Waals surface area contributed by atoms with Crippen LogP contribution in [0, 0.1) is 12.3 Å². The molecular formula is C13H19NOS. The number of rotatable bonds is 3. The molecule has 0 saturated heterocycles. The Balaban J connectivity index is 2.28. The summed E-state index contributed by atoms with van der Waals surface area (Å²) in [6.07, 6.45) is 5.48. The number of carbonyl (C=O) groups excluding carboxylic acids is 1. The molecule has 1 aromatic heterocycles. The van der Waals surface area contributed by atoms with E-state index in [1.807, 2.05) is 18.4 Å². The Morgan fingerprint density at radius 1 is 1.44 bits per heavy atom. The molecule has 2 nitrogen and oxygen atoms in total. The van der Waals surface area contributed by atoms with Crippen molar-refractivity contribution in [3.05, 3.63) is 21.9 Å². The minimum atomic E-state index is -0.260. The zero-order valence-corrected chi connectivity index (χ0v) is 10.6. The van der Waals surface area contributed by atoms with E-state index in [-0.39, 0.29) is 11.2 Å². The molecule has 0 aliphatic heterocycles. The molecule has 0 amide bonds. The number of Topliss-reactive ketones (excluding diaryl/α,β-unsaturated/α-hetero) is 1. The van der Waals surface area contributed by atoms with Crippen LogP contribution in [0.3, 0.4) is 0 Å². The molecule has 0 unspecified atom stereocenters. The highest BCUT2D eigenvalue weighted by Gasteiger charge is 2.39. The zero-order valence-electron chi connectivity index (χ0n) is 9.79. The summed E-state index contributed by atoms with van der Waals surface area (Å²) in [5, 5.41) is 2.00. The maximum Gasteiger partial charge on any atom is 0.171 e. The minimum absolute atomic E-state index is 0.260. The molecular weight excluding hydrogens is 218 g/mol. The van der Waals surface area contributed by atoms with Gasteiger partial charge in [-0.05, 0) is 31.2 Å². The van der Waals surface area contributed by atoms with Crippen LogP contribution in [0.15, 0.2) is 11.4 Å². The first-order chi connectivity index (χ1) is 7.69. The Hall–Kier alpha value is -0.670. The quantitative estimate of drug-likeness (QED) is 0.821. The summed E-state index contributed by atoms with van der Waals surface area (Å²) in [4.78, 5) is 13.7. The van der Waals surface area contributed by atoms with Gasteiger partial charge in [0.15, 0.2) is 5.78 Å². The fraction of sp³-hybridized carbons (Fsp3) is 0.615. The van der Waals surface area contributed by atoms with Crippen LogP contribution < -0.4 is 5.73 Å². The maximum absolute atomic E-state index is 12.6. The highest BCUT2D eigenvalue weighted by Crippen LogP contribution is 2.39. The van der Waals surface area contributed by atoms with E-state index in [1.54, 1.807) is 11.3 Å². The van der Waals surface area contributed by atoms with Crippen molar-refractivity contribution in [3.63, 3.8) is 0 Å².